The van der Waals surface area contributed by atoms with Crippen molar-refractivity contribution in [3.8, 4) is 0 Å². The van der Waals surface area contributed by atoms with Crippen LogP contribution in [0.3, 0.4) is 0 Å². The topological polar surface area (TPSA) is 57.7 Å². The van der Waals surface area contributed by atoms with E-state index in [-0.39, 0.29) is 11.8 Å². The van der Waals surface area contributed by atoms with E-state index < -0.39 is 10.0 Å². The van der Waals surface area contributed by atoms with Crippen LogP contribution in [0.4, 0.5) is 0 Å². The summed E-state index contributed by atoms with van der Waals surface area (Å²) < 4.78 is 27.2. The molecule has 0 radical (unpaired) electrons. The Bertz CT molecular complexity index is 746. The first-order valence-electron chi connectivity index (χ1n) is 10.2. The number of piperidine rings is 1. The van der Waals surface area contributed by atoms with Crippen molar-refractivity contribution in [3.05, 3.63) is 29.8 Å². The van der Waals surface area contributed by atoms with Crippen LogP contribution in [0.1, 0.15) is 51.5 Å². The Morgan fingerprint density at radius 2 is 1.70 bits per heavy atom. The van der Waals surface area contributed by atoms with E-state index in [2.05, 4.69) is 18.7 Å². The van der Waals surface area contributed by atoms with Crippen molar-refractivity contribution in [3.63, 3.8) is 0 Å². The quantitative estimate of drug-likeness (QED) is 0.714. The molecule has 27 heavy (non-hydrogen) atoms. The number of nitrogens with zero attached hydrogens (tertiary/aromatic N) is 2. The van der Waals surface area contributed by atoms with Gasteiger partial charge in [0.1, 0.15) is 0 Å². The predicted molar refractivity (Wildman–Crippen MR) is 107 cm³/mol. The van der Waals surface area contributed by atoms with E-state index in [4.69, 9.17) is 0 Å². The van der Waals surface area contributed by atoms with Crippen molar-refractivity contribution < 1.29 is 13.2 Å². The molecule has 1 amide bonds. The lowest BCUT2D eigenvalue weighted by Crippen LogP contribution is -2.45. The summed E-state index contributed by atoms with van der Waals surface area (Å²) in [5.74, 6) is 0.785. The van der Waals surface area contributed by atoms with Gasteiger partial charge in [-0.2, -0.15) is 4.31 Å². The second-order valence-corrected chi connectivity index (χ2v) is 10.4. The zero-order valence-corrected chi connectivity index (χ0v) is 17.5. The molecular weight excluding hydrogens is 360 g/mol. The van der Waals surface area contributed by atoms with Crippen LogP contribution < -0.4 is 0 Å². The summed E-state index contributed by atoms with van der Waals surface area (Å²) in [6, 6.07) is 7.41. The maximum absolute atomic E-state index is 13.0. The fraction of sp³-hybridized carbons (Fsp3) is 0.667. The molecule has 150 valence electrons. The highest BCUT2D eigenvalue weighted by molar-refractivity contribution is 7.89. The fourth-order valence-corrected chi connectivity index (χ4v) is 5.16. The second-order valence-electron chi connectivity index (χ2n) is 8.44. The summed E-state index contributed by atoms with van der Waals surface area (Å²) in [6.45, 7) is 8.00. The van der Waals surface area contributed by atoms with Gasteiger partial charge in [0, 0.05) is 31.6 Å². The van der Waals surface area contributed by atoms with Gasteiger partial charge in [-0.1, -0.05) is 31.5 Å². The van der Waals surface area contributed by atoms with Gasteiger partial charge in [0.15, 0.2) is 0 Å². The number of hydrogen-bond acceptors (Lipinski definition) is 3. The molecule has 0 bridgehead atoms. The average Bonchev–Trinajstić information content (AvgIpc) is 3.47. The van der Waals surface area contributed by atoms with Crippen LogP contribution in [0.15, 0.2) is 29.2 Å². The first kappa shape index (κ1) is 20.3. The summed E-state index contributed by atoms with van der Waals surface area (Å²) in [6.07, 6.45) is 4.50. The lowest BCUT2D eigenvalue weighted by molar-refractivity contribution is -0.137. The molecule has 1 aliphatic carbocycles. The summed E-state index contributed by atoms with van der Waals surface area (Å²) in [7, 11) is -3.47. The molecule has 1 heterocycles. The predicted octanol–water partition coefficient (Wildman–Crippen LogP) is 3.43. The van der Waals surface area contributed by atoms with Gasteiger partial charge in [-0.25, -0.2) is 8.42 Å². The van der Waals surface area contributed by atoms with Gasteiger partial charge >= 0.3 is 0 Å². The molecule has 6 heteroatoms. The number of carbonyl (C=O) groups is 1. The fourth-order valence-electron chi connectivity index (χ4n) is 3.69. The molecule has 0 spiro atoms. The first-order chi connectivity index (χ1) is 12.8. The van der Waals surface area contributed by atoms with Crippen molar-refractivity contribution in [2.24, 2.45) is 11.8 Å². The molecule has 0 aromatic heterocycles. The third-order valence-electron chi connectivity index (χ3n) is 5.68. The largest absolute Gasteiger partial charge is 0.339 e. The Hall–Kier alpha value is -1.40. The Kier molecular flexibility index (Phi) is 6.26. The minimum absolute atomic E-state index is 0.0396. The first-order valence-corrected chi connectivity index (χ1v) is 11.6. The Morgan fingerprint density at radius 1 is 1.11 bits per heavy atom. The van der Waals surface area contributed by atoms with Crippen molar-refractivity contribution in [2.75, 3.05) is 19.6 Å². The molecule has 2 aliphatic rings. The molecule has 3 rings (SSSR count). The van der Waals surface area contributed by atoms with E-state index in [1.165, 1.54) is 4.31 Å². The van der Waals surface area contributed by atoms with Gasteiger partial charge in [-0.3, -0.25) is 4.79 Å². The van der Waals surface area contributed by atoms with E-state index in [1.54, 1.807) is 12.1 Å². The molecule has 0 unspecified atom stereocenters. The van der Waals surface area contributed by atoms with Gasteiger partial charge in [-0.05, 0) is 57.1 Å². The number of amides is 1. The van der Waals surface area contributed by atoms with Gasteiger partial charge in [-0.15, -0.1) is 0 Å². The average molecular weight is 393 g/mol. The maximum Gasteiger partial charge on any atom is 0.243 e. The maximum atomic E-state index is 13.0. The second kappa shape index (κ2) is 8.31. The molecule has 1 saturated carbocycles. The minimum Gasteiger partial charge on any atom is -0.339 e. The molecular formula is C21H32N2O3S. The molecule has 0 atom stereocenters. The van der Waals surface area contributed by atoms with Crippen molar-refractivity contribution >= 4 is 15.9 Å². The lowest BCUT2D eigenvalue weighted by atomic mass is 9.96. The van der Waals surface area contributed by atoms with Crippen LogP contribution in [0.2, 0.25) is 0 Å². The molecule has 1 aromatic rings. The highest BCUT2D eigenvalue weighted by Crippen LogP contribution is 2.32. The monoisotopic (exact) mass is 392 g/mol. The molecule has 5 nitrogen and oxygen atoms in total. The van der Waals surface area contributed by atoms with Gasteiger partial charge < -0.3 is 4.90 Å². The highest BCUT2D eigenvalue weighted by Gasteiger charge is 2.38. The number of rotatable bonds is 7. The van der Waals surface area contributed by atoms with Crippen molar-refractivity contribution in [1.82, 2.24) is 9.21 Å². The third kappa shape index (κ3) is 4.91. The zero-order valence-electron chi connectivity index (χ0n) is 16.7. The van der Waals surface area contributed by atoms with Crippen LogP contribution in [-0.2, 0) is 14.8 Å². The normalized spacial score (nSPS) is 19.4. The zero-order chi connectivity index (χ0) is 19.6. The molecule has 1 aromatic carbocycles. The smallest absolute Gasteiger partial charge is 0.243 e. The van der Waals surface area contributed by atoms with Crippen LogP contribution >= 0.6 is 0 Å². The van der Waals surface area contributed by atoms with E-state index in [0.29, 0.717) is 42.8 Å². The summed E-state index contributed by atoms with van der Waals surface area (Å²) >= 11 is 0. The standard InChI is InChI=1S/C21H32N2O3S/c1-16(2)10-15-23(19-6-7-19)21(24)18-11-13-22(14-12-18)27(25,26)20-8-4-17(3)5-9-20/h4-5,8-9,16,18-19H,6-7,10-15H2,1-3H3. The number of benzene rings is 1. The SMILES string of the molecule is Cc1ccc(S(=O)(=O)N2CCC(C(=O)N(CCC(C)C)C3CC3)CC2)cc1. The molecule has 0 N–H and O–H groups in total. The highest BCUT2D eigenvalue weighted by atomic mass is 32.2. The van der Waals surface area contributed by atoms with Crippen molar-refractivity contribution in [2.45, 2.75) is 63.8 Å². The van der Waals surface area contributed by atoms with Gasteiger partial charge in [0.05, 0.1) is 4.90 Å². The summed E-state index contributed by atoms with van der Waals surface area (Å²) in [4.78, 5) is 15.4. The Morgan fingerprint density at radius 3 is 2.22 bits per heavy atom. The number of hydrogen-bond donors (Lipinski definition) is 0. The van der Waals surface area contributed by atoms with Crippen molar-refractivity contribution in [1.29, 1.82) is 0 Å². The van der Waals surface area contributed by atoms with Gasteiger partial charge in [0.2, 0.25) is 15.9 Å². The Balaban J connectivity index is 1.60. The number of sulfonamides is 1. The molecule has 2 fully saturated rings. The van der Waals surface area contributed by atoms with Crippen LogP contribution in [0.5, 0.6) is 0 Å². The van der Waals surface area contributed by atoms with Gasteiger partial charge in [0.25, 0.3) is 0 Å². The van der Waals surface area contributed by atoms with Crippen LogP contribution in [0.25, 0.3) is 0 Å². The van der Waals surface area contributed by atoms with E-state index >= 15 is 0 Å². The third-order valence-corrected chi connectivity index (χ3v) is 7.59. The van der Waals surface area contributed by atoms with Crippen LogP contribution in [-0.4, -0.2) is 49.2 Å². The lowest BCUT2D eigenvalue weighted by Gasteiger charge is -2.34. The van der Waals surface area contributed by atoms with Crippen LogP contribution in [0, 0.1) is 18.8 Å². The minimum atomic E-state index is -3.47. The molecule has 1 saturated heterocycles. The van der Waals surface area contributed by atoms with E-state index in [0.717, 1.165) is 31.4 Å². The van der Waals surface area contributed by atoms with E-state index in [9.17, 15) is 13.2 Å². The summed E-state index contributed by atoms with van der Waals surface area (Å²) in [5.41, 5.74) is 1.04. The molecule has 1 aliphatic heterocycles. The Labute approximate surface area is 163 Å². The van der Waals surface area contributed by atoms with E-state index in [1.807, 2.05) is 19.1 Å². The number of carbonyl (C=O) groups excluding carboxylic acids is 1. The summed E-state index contributed by atoms with van der Waals surface area (Å²) in [5, 5.41) is 0. The number of aryl methyl sites for hydroxylation is 1.